The van der Waals surface area contributed by atoms with Gasteiger partial charge in [0.15, 0.2) is 5.82 Å². The van der Waals surface area contributed by atoms with E-state index in [1.54, 1.807) is 18.0 Å². The van der Waals surface area contributed by atoms with Crippen molar-refractivity contribution in [2.45, 2.75) is 25.5 Å². The van der Waals surface area contributed by atoms with Gasteiger partial charge in [0, 0.05) is 19.9 Å². The van der Waals surface area contributed by atoms with E-state index < -0.39 is 0 Å². The Kier molecular flexibility index (Phi) is 4.24. The number of nitrogen functional groups attached to an aromatic ring is 1. The Morgan fingerprint density at radius 1 is 1.68 bits per heavy atom. The van der Waals surface area contributed by atoms with E-state index in [1.807, 2.05) is 6.92 Å². The predicted molar refractivity (Wildman–Crippen MR) is 73.0 cm³/mol. The van der Waals surface area contributed by atoms with Gasteiger partial charge < -0.3 is 15.1 Å². The van der Waals surface area contributed by atoms with Gasteiger partial charge in [-0.25, -0.2) is 10.8 Å². The molecule has 1 aliphatic rings. The van der Waals surface area contributed by atoms with Gasteiger partial charge in [-0.05, 0) is 19.4 Å². The van der Waals surface area contributed by atoms with Crippen LogP contribution in [0, 0.1) is 0 Å². The lowest BCUT2D eigenvalue weighted by Gasteiger charge is -2.26. The van der Waals surface area contributed by atoms with E-state index in [4.69, 9.17) is 22.2 Å². The third kappa shape index (κ3) is 2.80. The minimum absolute atomic E-state index is 0.0439. The minimum atomic E-state index is -0.125. The summed E-state index contributed by atoms with van der Waals surface area (Å²) in [6.45, 7) is 2.65. The lowest BCUT2D eigenvalue weighted by atomic mass is 10.1. The van der Waals surface area contributed by atoms with Gasteiger partial charge in [-0.15, -0.1) is 0 Å². The Morgan fingerprint density at radius 3 is 2.95 bits per heavy atom. The fourth-order valence-corrected chi connectivity index (χ4v) is 2.47. The number of hydrogen-bond acceptors (Lipinski definition) is 5. The monoisotopic (exact) mass is 284 g/mol. The molecule has 2 atom stereocenters. The molecular formula is C12H17ClN4O2. The van der Waals surface area contributed by atoms with E-state index in [9.17, 15) is 4.79 Å². The van der Waals surface area contributed by atoms with Crippen LogP contribution in [0.2, 0.25) is 5.02 Å². The molecule has 19 heavy (non-hydrogen) atoms. The molecule has 2 unspecified atom stereocenters. The van der Waals surface area contributed by atoms with E-state index in [1.165, 1.54) is 6.20 Å². The van der Waals surface area contributed by atoms with Crippen LogP contribution in [0.3, 0.4) is 0 Å². The third-order valence-corrected chi connectivity index (χ3v) is 3.67. The van der Waals surface area contributed by atoms with E-state index in [2.05, 4.69) is 10.4 Å². The van der Waals surface area contributed by atoms with Gasteiger partial charge in [-0.3, -0.25) is 4.79 Å². The summed E-state index contributed by atoms with van der Waals surface area (Å²) in [5, 5.41) is 0.317. The molecule has 0 aliphatic carbocycles. The highest BCUT2D eigenvalue weighted by Crippen LogP contribution is 2.23. The molecule has 0 aromatic carbocycles. The number of hydrogen-bond donors (Lipinski definition) is 2. The Bertz CT molecular complexity index is 483. The van der Waals surface area contributed by atoms with Crippen molar-refractivity contribution in [3.05, 3.63) is 22.8 Å². The highest BCUT2D eigenvalue weighted by molar-refractivity contribution is 6.33. The highest BCUT2D eigenvalue weighted by atomic mass is 35.5. The van der Waals surface area contributed by atoms with Gasteiger partial charge in [-0.2, -0.15) is 0 Å². The number of rotatable bonds is 3. The molecule has 1 fully saturated rings. The van der Waals surface area contributed by atoms with Crippen LogP contribution >= 0.6 is 11.6 Å². The summed E-state index contributed by atoms with van der Waals surface area (Å²) >= 11 is 5.97. The molecule has 1 aromatic rings. The molecule has 0 bridgehead atoms. The first-order valence-electron chi connectivity index (χ1n) is 6.05. The van der Waals surface area contributed by atoms with Crippen molar-refractivity contribution in [3.8, 4) is 0 Å². The summed E-state index contributed by atoms with van der Waals surface area (Å²) in [6.07, 6.45) is 2.34. The fraction of sp³-hybridized carbons (Fsp3) is 0.500. The number of hydrazine groups is 1. The second-order valence-corrected chi connectivity index (χ2v) is 4.95. The number of amides is 1. The first-order chi connectivity index (χ1) is 9.04. The van der Waals surface area contributed by atoms with E-state index in [0.29, 0.717) is 23.0 Å². The lowest BCUT2D eigenvalue weighted by Crippen LogP contribution is -2.41. The summed E-state index contributed by atoms with van der Waals surface area (Å²) in [5.74, 6) is 5.47. The van der Waals surface area contributed by atoms with Crippen LogP contribution in [-0.2, 0) is 4.74 Å². The van der Waals surface area contributed by atoms with Crippen molar-refractivity contribution in [1.82, 2.24) is 9.88 Å². The number of halogens is 1. The molecule has 0 saturated carbocycles. The van der Waals surface area contributed by atoms with Gasteiger partial charge in [-0.1, -0.05) is 11.6 Å². The minimum Gasteiger partial charge on any atom is -0.376 e. The summed E-state index contributed by atoms with van der Waals surface area (Å²) in [7, 11) is 1.77. The van der Waals surface area contributed by atoms with Crippen LogP contribution < -0.4 is 11.3 Å². The van der Waals surface area contributed by atoms with Crippen molar-refractivity contribution in [3.63, 3.8) is 0 Å². The van der Waals surface area contributed by atoms with Crippen molar-refractivity contribution in [2.24, 2.45) is 5.84 Å². The molecule has 1 amide bonds. The largest absolute Gasteiger partial charge is 0.376 e. The van der Waals surface area contributed by atoms with Crippen LogP contribution in [0.25, 0.3) is 0 Å². The second-order valence-electron chi connectivity index (χ2n) is 4.55. The molecule has 1 saturated heterocycles. The molecule has 0 spiro atoms. The Morgan fingerprint density at radius 2 is 2.42 bits per heavy atom. The van der Waals surface area contributed by atoms with Crippen LogP contribution in [0.1, 0.15) is 23.7 Å². The van der Waals surface area contributed by atoms with E-state index in [-0.39, 0.29) is 18.1 Å². The van der Waals surface area contributed by atoms with Crippen LogP contribution in [0.4, 0.5) is 5.82 Å². The number of aromatic nitrogens is 1. The number of nitrogens with one attached hydrogen (secondary N) is 1. The molecule has 6 nitrogen and oxygen atoms in total. The molecule has 104 valence electrons. The smallest absolute Gasteiger partial charge is 0.255 e. The summed E-state index contributed by atoms with van der Waals surface area (Å²) in [4.78, 5) is 18.0. The van der Waals surface area contributed by atoms with Gasteiger partial charge in [0.05, 0.1) is 22.7 Å². The number of carbonyl (C=O) groups excluding carboxylic acids is 1. The predicted octanol–water partition coefficient (Wildman–Crippen LogP) is 1.27. The number of anilines is 1. The van der Waals surface area contributed by atoms with Crippen molar-refractivity contribution >= 4 is 23.3 Å². The first kappa shape index (κ1) is 14.0. The highest BCUT2D eigenvalue weighted by Gasteiger charge is 2.31. The maximum Gasteiger partial charge on any atom is 0.255 e. The summed E-state index contributed by atoms with van der Waals surface area (Å²) in [5.41, 5.74) is 2.80. The van der Waals surface area contributed by atoms with Crippen LogP contribution in [0.15, 0.2) is 12.3 Å². The summed E-state index contributed by atoms with van der Waals surface area (Å²) in [6, 6.07) is 1.64. The third-order valence-electron chi connectivity index (χ3n) is 3.38. The van der Waals surface area contributed by atoms with Crippen molar-refractivity contribution < 1.29 is 9.53 Å². The molecule has 2 heterocycles. The van der Waals surface area contributed by atoms with Gasteiger partial charge >= 0.3 is 0 Å². The zero-order chi connectivity index (χ0) is 14.0. The normalized spacial score (nSPS) is 22.3. The zero-order valence-electron chi connectivity index (χ0n) is 10.9. The van der Waals surface area contributed by atoms with Crippen LogP contribution in [0.5, 0.6) is 0 Å². The number of pyridine rings is 1. The Hall–Kier alpha value is -1.37. The molecule has 0 radical (unpaired) electrons. The Labute approximate surface area is 116 Å². The zero-order valence-corrected chi connectivity index (χ0v) is 11.6. The van der Waals surface area contributed by atoms with Crippen molar-refractivity contribution in [2.75, 3.05) is 19.1 Å². The van der Waals surface area contributed by atoms with Gasteiger partial charge in [0.2, 0.25) is 0 Å². The van der Waals surface area contributed by atoms with Crippen LogP contribution in [-0.4, -0.2) is 41.6 Å². The maximum absolute atomic E-state index is 12.3. The second kappa shape index (κ2) is 5.73. The number of ether oxygens (including phenoxy) is 1. The first-order valence-corrected chi connectivity index (χ1v) is 6.43. The standard InChI is InChI=1S/C12H17ClN4O2/c1-7-10(3-4-19-7)17(2)12(18)8-5-9(13)11(16-14)15-6-8/h5-7,10H,3-4,14H2,1-2H3,(H,15,16). The molecular weight excluding hydrogens is 268 g/mol. The number of carbonyl (C=O) groups is 1. The topological polar surface area (TPSA) is 80.5 Å². The molecule has 1 aliphatic heterocycles. The molecule has 7 heteroatoms. The molecule has 2 rings (SSSR count). The van der Waals surface area contributed by atoms with E-state index >= 15 is 0 Å². The summed E-state index contributed by atoms with van der Waals surface area (Å²) < 4.78 is 5.47. The van der Waals surface area contributed by atoms with Crippen molar-refractivity contribution in [1.29, 1.82) is 0 Å². The average molecular weight is 285 g/mol. The number of likely N-dealkylation sites (N-methyl/N-ethyl adjacent to an activating group) is 1. The Balaban J connectivity index is 2.17. The lowest BCUT2D eigenvalue weighted by molar-refractivity contribution is 0.0574. The number of nitrogens with two attached hydrogens (primary N) is 1. The quantitative estimate of drug-likeness (QED) is 0.645. The maximum atomic E-state index is 12.3. The SMILES string of the molecule is CC1OCCC1N(C)C(=O)c1cnc(NN)c(Cl)c1. The van der Waals surface area contributed by atoms with Gasteiger partial charge in [0.1, 0.15) is 0 Å². The molecule has 3 N–H and O–H groups in total. The van der Waals surface area contributed by atoms with Gasteiger partial charge in [0.25, 0.3) is 5.91 Å². The van der Waals surface area contributed by atoms with E-state index in [0.717, 1.165) is 6.42 Å². The molecule has 1 aromatic heterocycles. The fourth-order valence-electron chi connectivity index (χ4n) is 2.24. The number of nitrogens with zero attached hydrogens (tertiary/aromatic N) is 2. The average Bonchev–Trinajstić information content (AvgIpc) is 2.83.